The van der Waals surface area contributed by atoms with Crippen LogP contribution in [0.3, 0.4) is 0 Å². The third-order valence-corrected chi connectivity index (χ3v) is 4.24. The minimum Gasteiger partial charge on any atom is -0.481 e. The lowest BCUT2D eigenvalue weighted by Gasteiger charge is -2.19. The molecule has 1 heterocycles. The van der Waals surface area contributed by atoms with Crippen LogP contribution in [0.4, 0.5) is 0 Å². The number of benzene rings is 1. The minimum absolute atomic E-state index is 0.0493. The maximum Gasteiger partial charge on any atom is 0.329 e. The van der Waals surface area contributed by atoms with Crippen LogP contribution in [0.1, 0.15) is 33.6 Å². The molecule has 1 aromatic carbocycles. The van der Waals surface area contributed by atoms with E-state index in [-0.39, 0.29) is 31.1 Å². The minimum atomic E-state index is -1.02. The molecule has 2 aromatic rings. The Balaban J connectivity index is 2.11. The van der Waals surface area contributed by atoms with Crippen LogP contribution in [0, 0.1) is 5.41 Å². The molecule has 2 rings (SSSR count). The van der Waals surface area contributed by atoms with Gasteiger partial charge in [0.05, 0.1) is 16.4 Å². The lowest BCUT2D eigenvalue weighted by atomic mass is 9.94. The van der Waals surface area contributed by atoms with Gasteiger partial charge in [-0.05, 0) is 32.4 Å². The summed E-state index contributed by atoms with van der Waals surface area (Å²) in [5.41, 5.74) is 0.520. The fraction of sp³-hybridized carbons (Fsp3) is 0.500. The van der Waals surface area contributed by atoms with Gasteiger partial charge in [0.1, 0.15) is 0 Å². The quantitative estimate of drug-likeness (QED) is 0.762. The number of carbonyl (C=O) groups is 2. The number of hydrogen-bond acceptors (Lipinski definition) is 3. The van der Waals surface area contributed by atoms with Gasteiger partial charge in [0.25, 0.3) is 0 Å². The smallest absolute Gasteiger partial charge is 0.329 e. The van der Waals surface area contributed by atoms with E-state index in [1.54, 1.807) is 23.0 Å². The zero-order chi connectivity index (χ0) is 18.6. The number of carboxylic acids is 1. The van der Waals surface area contributed by atoms with Gasteiger partial charge >= 0.3 is 11.7 Å². The molecular weight excluding hydrogens is 322 g/mol. The predicted octanol–water partition coefficient (Wildman–Crippen LogP) is 1.83. The first kappa shape index (κ1) is 18.8. The van der Waals surface area contributed by atoms with Gasteiger partial charge < -0.3 is 10.4 Å². The summed E-state index contributed by atoms with van der Waals surface area (Å²) in [6.45, 7) is 6.06. The van der Waals surface area contributed by atoms with E-state index in [4.69, 9.17) is 5.11 Å². The second-order valence-electron chi connectivity index (χ2n) is 6.79. The highest BCUT2D eigenvalue weighted by Crippen LogP contribution is 2.15. The Labute approximate surface area is 146 Å². The molecule has 0 saturated carbocycles. The lowest BCUT2D eigenvalue weighted by Crippen LogP contribution is -2.39. The highest BCUT2D eigenvalue weighted by molar-refractivity contribution is 5.79. The Morgan fingerprint density at radius 2 is 1.68 bits per heavy atom. The van der Waals surface area contributed by atoms with Crippen LogP contribution in [-0.2, 0) is 22.7 Å². The molecule has 1 amide bonds. The molecule has 1 aromatic heterocycles. The van der Waals surface area contributed by atoms with Crippen LogP contribution >= 0.6 is 0 Å². The van der Waals surface area contributed by atoms with Crippen molar-refractivity contribution in [2.75, 3.05) is 6.54 Å². The van der Waals surface area contributed by atoms with Gasteiger partial charge in [0, 0.05) is 26.1 Å². The van der Waals surface area contributed by atoms with Crippen LogP contribution in [0.5, 0.6) is 0 Å². The van der Waals surface area contributed by atoms with Crippen LogP contribution in [0.2, 0.25) is 0 Å². The summed E-state index contributed by atoms with van der Waals surface area (Å²) in [5.74, 6) is -1.24. The molecule has 0 aliphatic rings. The Morgan fingerprint density at radius 1 is 1.12 bits per heavy atom. The fourth-order valence-corrected chi connectivity index (χ4v) is 2.63. The first-order chi connectivity index (χ1) is 11.8. The van der Waals surface area contributed by atoms with Crippen molar-refractivity contribution in [1.82, 2.24) is 14.5 Å². The van der Waals surface area contributed by atoms with Crippen molar-refractivity contribution in [3.63, 3.8) is 0 Å². The van der Waals surface area contributed by atoms with E-state index in [1.807, 2.05) is 31.2 Å². The molecule has 0 aliphatic carbocycles. The Hall–Kier alpha value is -2.57. The number of nitrogens with one attached hydrogen (secondary N) is 1. The Morgan fingerprint density at radius 3 is 2.20 bits per heavy atom. The maximum absolute atomic E-state index is 12.6. The standard InChI is InChI=1S/C18H25N3O4/c1-4-10-20-13-7-5-6-8-14(13)21(17(20)25)11-9-15(22)19-12-18(2,3)16(23)24/h5-8H,4,9-12H2,1-3H3,(H,19,22)(H,23,24). The molecule has 0 fully saturated rings. The zero-order valence-electron chi connectivity index (χ0n) is 14.9. The van der Waals surface area contributed by atoms with Crippen molar-refractivity contribution in [3.05, 3.63) is 34.7 Å². The number of aliphatic carboxylic acids is 1. The van der Waals surface area contributed by atoms with Gasteiger partial charge in [-0.2, -0.15) is 0 Å². The second kappa shape index (κ2) is 7.55. The number of para-hydroxylation sites is 2. The number of fused-ring (bicyclic) bond motifs is 1. The van der Waals surface area contributed by atoms with Crippen LogP contribution in [0.25, 0.3) is 11.0 Å². The van der Waals surface area contributed by atoms with Crippen molar-refractivity contribution in [2.24, 2.45) is 5.41 Å². The summed E-state index contributed by atoms with van der Waals surface area (Å²) in [5, 5.41) is 11.7. The number of amides is 1. The second-order valence-corrected chi connectivity index (χ2v) is 6.79. The molecular formula is C18H25N3O4. The van der Waals surface area contributed by atoms with Crippen molar-refractivity contribution in [2.45, 2.75) is 46.7 Å². The van der Waals surface area contributed by atoms with Crippen LogP contribution in [0.15, 0.2) is 29.1 Å². The van der Waals surface area contributed by atoms with Gasteiger partial charge in [-0.3, -0.25) is 18.7 Å². The van der Waals surface area contributed by atoms with Crippen molar-refractivity contribution in [1.29, 1.82) is 0 Å². The van der Waals surface area contributed by atoms with Gasteiger partial charge in [-0.15, -0.1) is 0 Å². The average Bonchev–Trinajstić information content (AvgIpc) is 2.83. The Bertz CT molecular complexity index is 832. The normalized spacial score (nSPS) is 11.6. The maximum atomic E-state index is 12.6. The largest absolute Gasteiger partial charge is 0.481 e. The number of carbonyl (C=O) groups excluding carboxylic acids is 1. The summed E-state index contributed by atoms with van der Waals surface area (Å²) >= 11 is 0. The van der Waals surface area contributed by atoms with Gasteiger partial charge in [0.15, 0.2) is 0 Å². The van der Waals surface area contributed by atoms with Gasteiger partial charge in [0.2, 0.25) is 5.91 Å². The fourth-order valence-electron chi connectivity index (χ4n) is 2.63. The third-order valence-electron chi connectivity index (χ3n) is 4.24. The number of carboxylic acid groups (broad SMARTS) is 1. The number of nitrogens with zero attached hydrogens (tertiary/aromatic N) is 2. The van der Waals surface area contributed by atoms with E-state index in [1.165, 1.54) is 0 Å². The number of rotatable bonds is 8. The molecule has 0 aliphatic heterocycles. The third kappa shape index (κ3) is 4.10. The molecule has 0 bridgehead atoms. The zero-order valence-corrected chi connectivity index (χ0v) is 14.9. The molecule has 25 heavy (non-hydrogen) atoms. The van der Waals surface area contributed by atoms with E-state index in [2.05, 4.69) is 5.32 Å². The molecule has 2 N–H and O–H groups in total. The van der Waals surface area contributed by atoms with Gasteiger partial charge in [-0.1, -0.05) is 19.1 Å². The van der Waals surface area contributed by atoms with E-state index < -0.39 is 11.4 Å². The van der Waals surface area contributed by atoms with E-state index in [0.29, 0.717) is 6.54 Å². The number of aryl methyl sites for hydroxylation is 2. The highest BCUT2D eigenvalue weighted by Gasteiger charge is 2.27. The number of hydrogen-bond donors (Lipinski definition) is 2. The molecule has 0 radical (unpaired) electrons. The number of aromatic nitrogens is 2. The predicted molar refractivity (Wildman–Crippen MR) is 95.5 cm³/mol. The van der Waals surface area contributed by atoms with Crippen molar-refractivity contribution >= 4 is 22.9 Å². The summed E-state index contributed by atoms with van der Waals surface area (Å²) in [7, 11) is 0. The summed E-state index contributed by atoms with van der Waals surface area (Å²) < 4.78 is 3.33. The molecule has 0 saturated heterocycles. The molecule has 0 unspecified atom stereocenters. The SMILES string of the molecule is CCCn1c(=O)n(CCC(=O)NCC(C)(C)C(=O)O)c2ccccc21. The topological polar surface area (TPSA) is 93.3 Å². The monoisotopic (exact) mass is 347 g/mol. The molecule has 136 valence electrons. The number of imidazole rings is 1. The summed E-state index contributed by atoms with van der Waals surface area (Å²) in [6.07, 6.45) is 0.967. The molecule has 7 heteroatoms. The first-order valence-electron chi connectivity index (χ1n) is 8.46. The Kier molecular flexibility index (Phi) is 5.66. The van der Waals surface area contributed by atoms with Crippen LogP contribution in [-0.4, -0.2) is 32.7 Å². The van der Waals surface area contributed by atoms with Crippen LogP contribution < -0.4 is 11.0 Å². The van der Waals surface area contributed by atoms with Crippen molar-refractivity contribution < 1.29 is 14.7 Å². The van der Waals surface area contributed by atoms with E-state index in [0.717, 1.165) is 17.5 Å². The lowest BCUT2D eigenvalue weighted by molar-refractivity contribution is -0.146. The van der Waals surface area contributed by atoms with Crippen molar-refractivity contribution in [3.8, 4) is 0 Å². The molecule has 0 spiro atoms. The highest BCUT2D eigenvalue weighted by atomic mass is 16.4. The van der Waals surface area contributed by atoms with Gasteiger partial charge in [-0.25, -0.2) is 4.79 Å². The summed E-state index contributed by atoms with van der Waals surface area (Å²) in [4.78, 5) is 35.7. The van der Waals surface area contributed by atoms with E-state index in [9.17, 15) is 14.4 Å². The molecule has 7 nitrogen and oxygen atoms in total. The van der Waals surface area contributed by atoms with E-state index >= 15 is 0 Å². The average molecular weight is 347 g/mol. The molecule has 0 atom stereocenters. The summed E-state index contributed by atoms with van der Waals surface area (Å²) in [6, 6.07) is 7.52. The first-order valence-corrected chi connectivity index (χ1v) is 8.46.